The fraction of sp³-hybridized carbons (Fsp3) is 0.650. The van der Waals surface area contributed by atoms with Crippen LogP contribution in [0.2, 0.25) is 5.02 Å². The molecule has 3 saturated heterocycles. The fourth-order valence-corrected chi connectivity index (χ4v) is 10.7. The molecule has 2 saturated carbocycles. The van der Waals surface area contributed by atoms with Crippen molar-refractivity contribution in [2.75, 3.05) is 64.7 Å². The monoisotopic (exact) mass is 763 g/mol. The van der Waals surface area contributed by atoms with E-state index in [1.807, 2.05) is 11.8 Å². The van der Waals surface area contributed by atoms with Gasteiger partial charge in [0.05, 0.1) is 51.8 Å². The van der Waals surface area contributed by atoms with Crippen LogP contribution in [0.25, 0.3) is 33.1 Å². The summed E-state index contributed by atoms with van der Waals surface area (Å²) in [6.07, 6.45) is 13.4. The zero-order valence-electron chi connectivity index (χ0n) is 31.6. The topological polar surface area (TPSA) is 131 Å². The van der Waals surface area contributed by atoms with Crippen molar-refractivity contribution in [3.63, 3.8) is 0 Å². The van der Waals surface area contributed by atoms with Gasteiger partial charge in [-0.1, -0.05) is 18.0 Å². The lowest BCUT2D eigenvalue weighted by molar-refractivity contribution is -0.0405. The molecule has 3 aliphatic heterocycles. The van der Waals surface area contributed by atoms with Gasteiger partial charge >= 0.3 is 6.01 Å². The van der Waals surface area contributed by atoms with Crippen LogP contribution in [0, 0.1) is 23.6 Å². The normalized spacial score (nSPS) is 30.7. The predicted molar refractivity (Wildman–Crippen MR) is 204 cm³/mol. The van der Waals surface area contributed by atoms with Gasteiger partial charge in [-0.25, -0.2) is 9.37 Å². The van der Waals surface area contributed by atoms with Crippen LogP contribution >= 0.6 is 11.6 Å². The lowest BCUT2D eigenvalue weighted by Gasteiger charge is -2.51. The number of β-amino-alcohol motifs (C(OH)–C–C–N with tert-alkyl or cyclic N) is 1. The number of nitrogens with zero attached hydrogens (tertiary/aromatic N) is 6. The van der Waals surface area contributed by atoms with E-state index >= 15 is 4.39 Å². The molecule has 9 rings (SSSR count). The number of fused-ring (bicyclic) bond motifs is 3. The summed E-state index contributed by atoms with van der Waals surface area (Å²) in [6.45, 7) is 8.08. The number of anilines is 1. The molecule has 290 valence electrons. The van der Waals surface area contributed by atoms with Crippen LogP contribution in [0.5, 0.6) is 11.9 Å². The molecule has 5 fully saturated rings. The van der Waals surface area contributed by atoms with Crippen molar-refractivity contribution in [1.82, 2.24) is 30.0 Å². The molecule has 3 atom stereocenters. The SMILES string of the molecule is COc1nc(-c2c(C)c(Cl)cc3[nH]ncc23)c(F)c2nc(OC[C@]34CCC[C@H]3N(C3CCC5(CCOC5)CC3)CCC4)nc(N3CCOC[C@@](C)(O)C3)c12. The van der Waals surface area contributed by atoms with Gasteiger partial charge in [0.2, 0.25) is 5.88 Å². The number of pyridine rings is 1. The van der Waals surface area contributed by atoms with Crippen LogP contribution in [-0.4, -0.2) is 113 Å². The zero-order chi connectivity index (χ0) is 37.2. The maximum atomic E-state index is 17.3. The number of methoxy groups -OCH3 is 1. The third kappa shape index (κ3) is 6.27. The summed E-state index contributed by atoms with van der Waals surface area (Å²) in [7, 11) is 1.50. The Kier molecular flexibility index (Phi) is 9.40. The third-order valence-corrected chi connectivity index (χ3v) is 13.7. The number of aliphatic hydroxyl groups is 1. The Bertz CT molecular complexity index is 2050. The summed E-state index contributed by atoms with van der Waals surface area (Å²) in [5.74, 6) is -0.113. The average Bonchev–Trinajstić information content (AvgIpc) is 3.91. The maximum Gasteiger partial charge on any atom is 0.319 e. The van der Waals surface area contributed by atoms with E-state index in [0.717, 1.165) is 51.9 Å². The number of aromatic amines is 1. The van der Waals surface area contributed by atoms with Crippen molar-refractivity contribution >= 4 is 39.2 Å². The Hall–Kier alpha value is -3.36. The highest BCUT2D eigenvalue weighted by atomic mass is 35.5. The highest BCUT2D eigenvalue weighted by molar-refractivity contribution is 6.33. The molecule has 0 amide bonds. The molecule has 6 heterocycles. The summed E-state index contributed by atoms with van der Waals surface area (Å²) in [5, 5.41) is 19.8. The van der Waals surface area contributed by atoms with Crippen LogP contribution in [0.4, 0.5) is 10.2 Å². The summed E-state index contributed by atoms with van der Waals surface area (Å²) >= 11 is 6.66. The van der Waals surface area contributed by atoms with Gasteiger partial charge in [0.1, 0.15) is 28.0 Å². The number of halogens is 2. The van der Waals surface area contributed by atoms with Crippen LogP contribution in [-0.2, 0) is 9.47 Å². The molecule has 0 unspecified atom stereocenters. The van der Waals surface area contributed by atoms with E-state index in [1.54, 1.807) is 19.2 Å². The minimum atomic E-state index is -1.18. The molecule has 0 bridgehead atoms. The van der Waals surface area contributed by atoms with Gasteiger partial charge in [-0.3, -0.25) is 10.00 Å². The van der Waals surface area contributed by atoms with Gasteiger partial charge in [0, 0.05) is 46.6 Å². The van der Waals surface area contributed by atoms with Crippen molar-refractivity contribution in [2.24, 2.45) is 10.8 Å². The Morgan fingerprint density at radius 3 is 2.65 bits per heavy atom. The van der Waals surface area contributed by atoms with Crippen LogP contribution in [0.1, 0.15) is 76.7 Å². The summed E-state index contributed by atoms with van der Waals surface area (Å²) < 4.78 is 41.5. The lowest BCUT2D eigenvalue weighted by Crippen LogP contribution is -2.56. The highest BCUT2D eigenvalue weighted by Crippen LogP contribution is 2.52. The van der Waals surface area contributed by atoms with Crippen molar-refractivity contribution in [1.29, 1.82) is 0 Å². The minimum absolute atomic E-state index is 0.0236. The Morgan fingerprint density at radius 2 is 1.85 bits per heavy atom. The largest absolute Gasteiger partial charge is 0.480 e. The number of likely N-dealkylation sites (tertiary alicyclic amines) is 1. The molecule has 54 heavy (non-hydrogen) atoms. The minimum Gasteiger partial charge on any atom is -0.480 e. The number of aromatic nitrogens is 5. The standard InChI is InChI=1S/C40H51ClFN7O5/c1-24-27(41)18-28-26(19-43-47-28)30(24)33-32(42)34-31(36(44-33)51-3)35(48-15-17-53-21-38(2,50)20-48)46-37(45-34)54-23-40-9-4-6-29(40)49(14-5-10-40)25-7-11-39(12-8-25)13-16-52-22-39/h18-19,25,29,50H,4-17,20-23H2,1-3H3,(H,43,47)/t25?,29-,38+,39?,40-/m1/s1. The van der Waals surface area contributed by atoms with Crippen LogP contribution < -0.4 is 14.4 Å². The Balaban J connectivity index is 1.10. The van der Waals surface area contributed by atoms with Gasteiger partial charge < -0.3 is 29.0 Å². The number of hydrogen-bond donors (Lipinski definition) is 2. The fourth-order valence-electron chi connectivity index (χ4n) is 10.5. The number of hydrogen-bond acceptors (Lipinski definition) is 11. The maximum absolute atomic E-state index is 17.3. The molecule has 14 heteroatoms. The van der Waals surface area contributed by atoms with E-state index in [0.29, 0.717) is 75.5 Å². The Morgan fingerprint density at radius 1 is 1.04 bits per heavy atom. The third-order valence-electron chi connectivity index (χ3n) is 13.3. The molecule has 1 aromatic carbocycles. The molecular formula is C40H51ClFN7O5. The quantitative estimate of drug-likeness (QED) is 0.210. The first-order valence-electron chi connectivity index (χ1n) is 19.7. The number of H-pyrrole nitrogens is 1. The van der Waals surface area contributed by atoms with E-state index in [2.05, 4.69) is 15.1 Å². The summed E-state index contributed by atoms with van der Waals surface area (Å²) in [5.41, 5.74) is 1.07. The van der Waals surface area contributed by atoms with Gasteiger partial charge in [0.15, 0.2) is 5.82 Å². The van der Waals surface area contributed by atoms with Gasteiger partial charge in [-0.2, -0.15) is 15.1 Å². The molecule has 5 aliphatic rings. The highest BCUT2D eigenvalue weighted by Gasteiger charge is 2.51. The number of ether oxygens (including phenoxy) is 4. The average molecular weight is 764 g/mol. The van der Waals surface area contributed by atoms with Gasteiger partial charge in [0.25, 0.3) is 0 Å². The first-order valence-corrected chi connectivity index (χ1v) is 20.1. The molecular weight excluding hydrogens is 713 g/mol. The molecule has 3 aromatic heterocycles. The zero-order valence-corrected chi connectivity index (χ0v) is 32.3. The smallest absolute Gasteiger partial charge is 0.319 e. The van der Waals surface area contributed by atoms with Crippen LogP contribution in [0.15, 0.2) is 12.3 Å². The van der Waals surface area contributed by atoms with Gasteiger partial charge in [-0.05, 0) is 95.2 Å². The number of nitrogens with one attached hydrogen (secondary N) is 1. The van der Waals surface area contributed by atoms with Crippen molar-refractivity contribution in [2.45, 2.75) is 95.7 Å². The molecule has 12 nitrogen and oxygen atoms in total. The van der Waals surface area contributed by atoms with E-state index in [4.69, 9.17) is 45.5 Å². The first kappa shape index (κ1) is 36.3. The van der Waals surface area contributed by atoms with E-state index in [1.165, 1.54) is 39.2 Å². The molecule has 4 aromatic rings. The lowest BCUT2D eigenvalue weighted by atomic mass is 9.69. The van der Waals surface area contributed by atoms with Crippen molar-refractivity contribution in [3.8, 4) is 23.1 Å². The molecule has 2 N–H and O–H groups in total. The number of piperidine rings is 1. The predicted octanol–water partition coefficient (Wildman–Crippen LogP) is 6.63. The first-order chi connectivity index (χ1) is 26.1. The van der Waals surface area contributed by atoms with Crippen molar-refractivity contribution in [3.05, 3.63) is 28.7 Å². The summed E-state index contributed by atoms with van der Waals surface area (Å²) in [4.78, 5) is 19.3. The van der Waals surface area contributed by atoms with E-state index < -0.39 is 11.4 Å². The molecule has 0 radical (unpaired) electrons. The summed E-state index contributed by atoms with van der Waals surface area (Å²) in [6, 6.07) is 2.88. The van der Waals surface area contributed by atoms with Gasteiger partial charge in [-0.15, -0.1) is 0 Å². The second-order valence-corrected chi connectivity index (χ2v) is 17.3. The second-order valence-electron chi connectivity index (χ2n) is 16.9. The number of benzene rings is 1. The number of rotatable bonds is 7. The molecule has 2 aliphatic carbocycles. The van der Waals surface area contributed by atoms with E-state index in [9.17, 15) is 5.11 Å². The Labute approximate surface area is 320 Å². The second kappa shape index (κ2) is 14.0. The van der Waals surface area contributed by atoms with Crippen LogP contribution in [0.3, 0.4) is 0 Å². The molecule has 1 spiro atoms. The van der Waals surface area contributed by atoms with E-state index in [-0.39, 0.29) is 41.7 Å². The van der Waals surface area contributed by atoms with Crippen molar-refractivity contribution < 1.29 is 28.4 Å².